The van der Waals surface area contributed by atoms with Crippen LogP contribution in [-0.4, -0.2) is 20.1 Å². The van der Waals surface area contributed by atoms with Gasteiger partial charge in [-0.05, 0) is 54.8 Å². The van der Waals surface area contributed by atoms with E-state index in [-0.39, 0.29) is 11.9 Å². The molecular weight excluding hydrogens is 290 g/mol. The molecule has 1 unspecified atom stereocenters. The molecule has 1 aliphatic rings. The highest BCUT2D eigenvalue weighted by Crippen LogP contribution is 2.36. The molecule has 23 heavy (non-hydrogen) atoms. The molecule has 0 saturated carbocycles. The Bertz CT molecular complexity index is 664. The highest BCUT2D eigenvalue weighted by molar-refractivity contribution is 5.95. The molecule has 1 amide bonds. The zero-order valence-corrected chi connectivity index (χ0v) is 13.5. The molecular formula is C19H21NO3. The summed E-state index contributed by atoms with van der Waals surface area (Å²) >= 11 is 0. The summed E-state index contributed by atoms with van der Waals surface area (Å²) in [5.74, 6) is 1.79. The summed E-state index contributed by atoms with van der Waals surface area (Å²) in [6, 6.07) is 15.7. The van der Waals surface area contributed by atoms with Crippen molar-refractivity contribution in [2.45, 2.75) is 25.3 Å². The minimum Gasteiger partial charge on any atom is -0.497 e. The Morgan fingerprint density at radius 3 is 2.04 bits per heavy atom. The van der Waals surface area contributed by atoms with Crippen LogP contribution in [-0.2, 0) is 4.79 Å². The van der Waals surface area contributed by atoms with Crippen molar-refractivity contribution < 1.29 is 14.3 Å². The number of anilines is 1. The second kappa shape index (κ2) is 6.73. The smallest absolute Gasteiger partial charge is 0.227 e. The van der Waals surface area contributed by atoms with Gasteiger partial charge in [0.2, 0.25) is 5.91 Å². The van der Waals surface area contributed by atoms with Gasteiger partial charge in [0, 0.05) is 12.1 Å². The van der Waals surface area contributed by atoms with Crippen molar-refractivity contribution in [2.24, 2.45) is 0 Å². The molecule has 4 nitrogen and oxygen atoms in total. The minimum atomic E-state index is 0.0653. The Balaban J connectivity index is 1.93. The first-order chi connectivity index (χ1) is 11.2. The fourth-order valence-corrected chi connectivity index (χ4v) is 3.08. The zero-order chi connectivity index (χ0) is 16.2. The number of piperidine rings is 1. The lowest BCUT2D eigenvalue weighted by atomic mass is 9.94. The predicted molar refractivity (Wildman–Crippen MR) is 90.1 cm³/mol. The van der Waals surface area contributed by atoms with E-state index < -0.39 is 0 Å². The number of nitrogens with zero attached hydrogens (tertiary/aromatic N) is 1. The summed E-state index contributed by atoms with van der Waals surface area (Å²) < 4.78 is 10.4. The molecule has 0 aliphatic carbocycles. The van der Waals surface area contributed by atoms with E-state index >= 15 is 0 Å². The van der Waals surface area contributed by atoms with Gasteiger partial charge in [0.05, 0.1) is 20.3 Å². The van der Waals surface area contributed by atoms with Gasteiger partial charge in [-0.15, -0.1) is 0 Å². The Morgan fingerprint density at radius 1 is 0.913 bits per heavy atom. The van der Waals surface area contributed by atoms with Crippen molar-refractivity contribution in [3.05, 3.63) is 54.1 Å². The van der Waals surface area contributed by atoms with E-state index in [1.54, 1.807) is 14.2 Å². The van der Waals surface area contributed by atoms with Gasteiger partial charge in [0.25, 0.3) is 0 Å². The third kappa shape index (κ3) is 3.16. The summed E-state index contributed by atoms with van der Waals surface area (Å²) in [7, 11) is 3.30. The predicted octanol–water partition coefficient (Wildman–Crippen LogP) is 3.96. The molecule has 2 aromatic rings. The SMILES string of the molecule is COc1ccc(C2CCCC(=O)N2c2ccc(OC)cc2)cc1. The number of carbonyl (C=O) groups excluding carboxylic acids is 1. The van der Waals surface area contributed by atoms with E-state index in [4.69, 9.17) is 9.47 Å². The number of hydrogen-bond donors (Lipinski definition) is 0. The molecule has 1 heterocycles. The number of benzene rings is 2. The fourth-order valence-electron chi connectivity index (χ4n) is 3.08. The van der Waals surface area contributed by atoms with Gasteiger partial charge in [0.1, 0.15) is 11.5 Å². The van der Waals surface area contributed by atoms with Gasteiger partial charge in [-0.3, -0.25) is 4.79 Å². The summed E-state index contributed by atoms with van der Waals surface area (Å²) in [4.78, 5) is 14.4. The maximum absolute atomic E-state index is 12.5. The van der Waals surface area contributed by atoms with Gasteiger partial charge >= 0.3 is 0 Å². The Hall–Kier alpha value is -2.49. The third-order valence-corrected chi connectivity index (χ3v) is 4.30. The number of carbonyl (C=O) groups is 1. The van der Waals surface area contributed by atoms with Crippen LogP contribution in [0.5, 0.6) is 11.5 Å². The largest absolute Gasteiger partial charge is 0.497 e. The quantitative estimate of drug-likeness (QED) is 0.858. The lowest BCUT2D eigenvalue weighted by molar-refractivity contribution is -0.120. The second-order valence-corrected chi connectivity index (χ2v) is 5.64. The molecule has 0 bridgehead atoms. The van der Waals surface area contributed by atoms with Crippen molar-refractivity contribution >= 4 is 11.6 Å². The number of hydrogen-bond acceptors (Lipinski definition) is 3. The summed E-state index contributed by atoms with van der Waals surface area (Å²) in [6.07, 6.45) is 2.48. The maximum atomic E-state index is 12.5. The number of ether oxygens (including phenoxy) is 2. The molecule has 1 saturated heterocycles. The zero-order valence-electron chi connectivity index (χ0n) is 13.5. The van der Waals surface area contributed by atoms with Crippen LogP contribution >= 0.6 is 0 Å². The van der Waals surface area contributed by atoms with Crippen molar-refractivity contribution in [1.82, 2.24) is 0 Å². The molecule has 1 aliphatic heterocycles. The van der Waals surface area contributed by atoms with Crippen molar-refractivity contribution in [2.75, 3.05) is 19.1 Å². The van der Waals surface area contributed by atoms with Crippen molar-refractivity contribution in [1.29, 1.82) is 0 Å². The van der Waals surface area contributed by atoms with Crippen LogP contribution in [0.3, 0.4) is 0 Å². The van der Waals surface area contributed by atoms with Crippen LogP contribution in [0.15, 0.2) is 48.5 Å². The van der Waals surface area contributed by atoms with Gasteiger partial charge in [-0.25, -0.2) is 0 Å². The molecule has 3 rings (SSSR count). The van der Waals surface area contributed by atoms with E-state index in [0.717, 1.165) is 35.6 Å². The molecule has 2 aromatic carbocycles. The molecule has 0 N–H and O–H groups in total. The molecule has 120 valence electrons. The molecule has 1 atom stereocenters. The van der Waals surface area contributed by atoms with Gasteiger partial charge in [0.15, 0.2) is 0 Å². The molecule has 1 fully saturated rings. The molecule has 4 heteroatoms. The minimum absolute atomic E-state index is 0.0653. The van der Waals surface area contributed by atoms with E-state index in [0.29, 0.717) is 6.42 Å². The Morgan fingerprint density at radius 2 is 1.48 bits per heavy atom. The molecule has 0 aromatic heterocycles. The standard InChI is InChI=1S/C19H21NO3/c1-22-16-10-6-14(7-11-16)18-4-3-5-19(21)20(18)15-8-12-17(23-2)13-9-15/h6-13,18H,3-5H2,1-2H3. The van der Waals surface area contributed by atoms with Crippen LogP contribution in [0.25, 0.3) is 0 Å². The van der Waals surface area contributed by atoms with Crippen molar-refractivity contribution in [3.63, 3.8) is 0 Å². The van der Waals surface area contributed by atoms with Crippen LogP contribution < -0.4 is 14.4 Å². The maximum Gasteiger partial charge on any atom is 0.227 e. The lowest BCUT2D eigenvalue weighted by Crippen LogP contribution is -2.38. The molecule has 0 spiro atoms. The fraction of sp³-hybridized carbons (Fsp3) is 0.316. The average Bonchev–Trinajstić information content (AvgIpc) is 2.62. The van der Waals surface area contributed by atoms with Gasteiger partial charge < -0.3 is 14.4 Å². The molecule has 0 radical (unpaired) electrons. The van der Waals surface area contributed by atoms with E-state index in [2.05, 4.69) is 0 Å². The normalized spacial score (nSPS) is 17.9. The monoisotopic (exact) mass is 311 g/mol. The van der Waals surface area contributed by atoms with E-state index in [9.17, 15) is 4.79 Å². The van der Waals surface area contributed by atoms with Crippen LogP contribution in [0.1, 0.15) is 30.9 Å². The topological polar surface area (TPSA) is 38.8 Å². The number of amides is 1. The van der Waals surface area contributed by atoms with Crippen LogP contribution in [0.2, 0.25) is 0 Å². The van der Waals surface area contributed by atoms with E-state index in [1.165, 1.54) is 0 Å². The summed E-state index contributed by atoms with van der Waals surface area (Å²) in [6.45, 7) is 0. The second-order valence-electron chi connectivity index (χ2n) is 5.64. The first kappa shape index (κ1) is 15.4. The highest BCUT2D eigenvalue weighted by atomic mass is 16.5. The first-order valence-corrected chi connectivity index (χ1v) is 7.83. The number of rotatable bonds is 4. The highest BCUT2D eigenvalue weighted by Gasteiger charge is 2.30. The van der Waals surface area contributed by atoms with Gasteiger partial charge in [-0.2, -0.15) is 0 Å². The Labute approximate surface area is 136 Å². The first-order valence-electron chi connectivity index (χ1n) is 7.83. The van der Waals surface area contributed by atoms with Crippen LogP contribution in [0.4, 0.5) is 5.69 Å². The van der Waals surface area contributed by atoms with Crippen LogP contribution in [0, 0.1) is 0 Å². The number of methoxy groups -OCH3 is 2. The summed E-state index contributed by atoms with van der Waals surface area (Å²) in [5, 5.41) is 0. The summed E-state index contributed by atoms with van der Waals surface area (Å²) in [5.41, 5.74) is 2.05. The third-order valence-electron chi connectivity index (χ3n) is 4.30. The lowest BCUT2D eigenvalue weighted by Gasteiger charge is -2.36. The van der Waals surface area contributed by atoms with E-state index in [1.807, 2.05) is 53.4 Å². The van der Waals surface area contributed by atoms with Crippen molar-refractivity contribution in [3.8, 4) is 11.5 Å². The Kier molecular flexibility index (Phi) is 4.51. The van der Waals surface area contributed by atoms with Gasteiger partial charge in [-0.1, -0.05) is 12.1 Å². The average molecular weight is 311 g/mol.